The van der Waals surface area contributed by atoms with E-state index in [1.807, 2.05) is 19.9 Å². The lowest BCUT2D eigenvalue weighted by Crippen LogP contribution is -1.98. The van der Waals surface area contributed by atoms with Gasteiger partial charge < -0.3 is 9.84 Å². The largest absolute Gasteiger partial charge is 0.507 e. The molecule has 0 unspecified atom stereocenters. The lowest BCUT2D eigenvalue weighted by atomic mass is 10.1. The molecule has 0 saturated heterocycles. The number of hydrogen-bond acceptors (Lipinski definition) is 5. The predicted octanol–water partition coefficient (Wildman–Crippen LogP) is 2.34. The summed E-state index contributed by atoms with van der Waals surface area (Å²) in [4.78, 5) is 11.8. The fourth-order valence-corrected chi connectivity index (χ4v) is 1.61. The summed E-state index contributed by atoms with van der Waals surface area (Å²) in [5.41, 5.74) is 1.28. The minimum atomic E-state index is 0.148. The van der Waals surface area contributed by atoms with Crippen molar-refractivity contribution < 1.29 is 9.84 Å². The molecular weight excluding hydrogens is 230 g/mol. The van der Waals surface area contributed by atoms with Crippen molar-refractivity contribution in [2.45, 2.75) is 20.3 Å². The van der Waals surface area contributed by atoms with E-state index in [1.54, 1.807) is 6.07 Å². The highest BCUT2D eigenvalue weighted by molar-refractivity contribution is 5.68. The minimum Gasteiger partial charge on any atom is -0.507 e. The van der Waals surface area contributed by atoms with Crippen molar-refractivity contribution in [2.75, 3.05) is 6.61 Å². The third kappa shape index (κ3) is 2.40. The summed E-state index contributed by atoms with van der Waals surface area (Å²) in [5.74, 6) is 1.29. The molecule has 1 heterocycles. The highest BCUT2D eigenvalue weighted by Gasteiger charge is 2.13. The zero-order valence-corrected chi connectivity index (χ0v) is 10.4. The molecule has 5 nitrogen and oxygen atoms in total. The third-order valence-corrected chi connectivity index (χ3v) is 2.58. The molecular formula is C13H15N3O2. The normalized spacial score (nSPS) is 10.3. The maximum atomic E-state index is 10.2. The van der Waals surface area contributed by atoms with Crippen molar-refractivity contribution in [2.24, 2.45) is 0 Å². The van der Waals surface area contributed by atoms with Gasteiger partial charge in [-0.2, -0.15) is 0 Å². The van der Waals surface area contributed by atoms with Crippen LogP contribution in [0.4, 0.5) is 0 Å². The number of phenolic OH excluding ortho intramolecular Hbond substituents is 1. The second-order valence-corrected chi connectivity index (χ2v) is 3.90. The van der Waals surface area contributed by atoms with E-state index < -0.39 is 0 Å². The number of phenols is 1. The van der Waals surface area contributed by atoms with E-state index in [0.29, 0.717) is 29.3 Å². The summed E-state index contributed by atoms with van der Waals surface area (Å²) in [6.07, 6.45) is 3.73. The molecule has 0 aliphatic rings. The Morgan fingerprint density at radius 1 is 1.22 bits per heavy atom. The lowest BCUT2D eigenvalue weighted by molar-refractivity contribution is 0.313. The maximum absolute atomic E-state index is 10.2. The fourth-order valence-electron chi connectivity index (χ4n) is 1.61. The first-order valence-electron chi connectivity index (χ1n) is 5.81. The lowest BCUT2D eigenvalue weighted by Gasteiger charge is -2.11. The molecule has 0 saturated carbocycles. The van der Waals surface area contributed by atoms with Gasteiger partial charge in [0.1, 0.15) is 24.2 Å². The quantitative estimate of drug-likeness (QED) is 0.895. The van der Waals surface area contributed by atoms with Crippen molar-refractivity contribution in [1.82, 2.24) is 15.0 Å². The van der Waals surface area contributed by atoms with Gasteiger partial charge in [-0.1, -0.05) is 6.92 Å². The summed E-state index contributed by atoms with van der Waals surface area (Å²) in [7, 11) is 0. The molecule has 2 aromatic rings. The monoisotopic (exact) mass is 245 g/mol. The van der Waals surface area contributed by atoms with Crippen molar-refractivity contribution in [1.29, 1.82) is 0 Å². The molecule has 0 aliphatic carbocycles. The van der Waals surface area contributed by atoms with Crippen molar-refractivity contribution in [3.63, 3.8) is 0 Å². The Morgan fingerprint density at radius 2 is 1.94 bits per heavy atom. The molecule has 0 spiro atoms. The first kappa shape index (κ1) is 12.3. The average Bonchev–Trinajstić information content (AvgIpc) is 2.41. The van der Waals surface area contributed by atoms with Crippen LogP contribution in [0.2, 0.25) is 0 Å². The Bertz CT molecular complexity index is 529. The number of aromatic nitrogens is 3. The molecule has 0 atom stereocenters. The second kappa shape index (κ2) is 5.44. The van der Waals surface area contributed by atoms with Gasteiger partial charge in [0.2, 0.25) is 0 Å². The molecule has 2 rings (SSSR count). The Morgan fingerprint density at radius 3 is 2.61 bits per heavy atom. The molecule has 5 heteroatoms. The third-order valence-electron chi connectivity index (χ3n) is 2.58. The van der Waals surface area contributed by atoms with Gasteiger partial charge in [-0.05, 0) is 25.5 Å². The van der Waals surface area contributed by atoms with E-state index in [4.69, 9.17) is 4.74 Å². The molecule has 0 bridgehead atoms. The van der Waals surface area contributed by atoms with E-state index in [0.717, 1.165) is 6.42 Å². The Kier molecular flexibility index (Phi) is 3.72. The van der Waals surface area contributed by atoms with Gasteiger partial charge in [0.15, 0.2) is 5.82 Å². The van der Waals surface area contributed by atoms with Crippen LogP contribution in [-0.2, 0) is 0 Å². The minimum absolute atomic E-state index is 0.148. The van der Waals surface area contributed by atoms with E-state index in [-0.39, 0.29) is 5.75 Å². The molecule has 1 aromatic heterocycles. The van der Waals surface area contributed by atoms with Gasteiger partial charge in [-0.15, -0.1) is 0 Å². The summed E-state index contributed by atoms with van der Waals surface area (Å²) in [6, 6.07) is 3.58. The van der Waals surface area contributed by atoms with Crippen molar-refractivity contribution in [3.05, 3.63) is 30.4 Å². The Hall–Kier alpha value is -2.17. The second-order valence-electron chi connectivity index (χ2n) is 3.90. The number of rotatable bonds is 4. The zero-order valence-electron chi connectivity index (χ0n) is 10.4. The van der Waals surface area contributed by atoms with Crippen LogP contribution in [0, 0.1) is 6.92 Å². The van der Waals surface area contributed by atoms with Crippen LogP contribution >= 0.6 is 0 Å². The molecule has 1 aromatic carbocycles. The van der Waals surface area contributed by atoms with Crippen LogP contribution in [0.1, 0.15) is 18.9 Å². The van der Waals surface area contributed by atoms with Crippen molar-refractivity contribution in [3.8, 4) is 22.9 Å². The zero-order chi connectivity index (χ0) is 13.0. The highest BCUT2D eigenvalue weighted by Crippen LogP contribution is 2.35. The Labute approximate surface area is 106 Å². The summed E-state index contributed by atoms with van der Waals surface area (Å²) in [5, 5.41) is 10.2. The first-order chi connectivity index (χ1) is 8.74. The smallest absolute Gasteiger partial charge is 0.166 e. The first-order valence-corrected chi connectivity index (χ1v) is 5.81. The Balaban J connectivity index is 2.38. The van der Waals surface area contributed by atoms with Crippen LogP contribution < -0.4 is 4.74 Å². The molecule has 94 valence electrons. The van der Waals surface area contributed by atoms with Crippen molar-refractivity contribution >= 4 is 0 Å². The van der Waals surface area contributed by atoms with Gasteiger partial charge in [-0.3, -0.25) is 0 Å². The van der Waals surface area contributed by atoms with E-state index in [1.165, 1.54) is 12.7 Å². The molecule has 0 aliphatic heterocycles. The van der Waals surface area contributed by atoms with Gasteiger partial charge in [-0.25, -0.2) is 15.0 Å². The summed E-state index contributed by atoms with van der Waals surface area (Å²) >= 11 is 0. The van der Waals surface area contributed by atoms with Crippen LogP contribution in [0.15, 0.2) is 24.8 Å². The molecule has 1 N–H and O–H groups in total. The molecule has 18 heavy (non-hydrogen) atoms. The van der Waals surface area contributed by atoms with Gasteiger partial charge in [0.25, 0.3) is 0 Å². The SMILES string of the molecule is CCCOc1ccc(-c2ncncn2)c(O)c1C. The van der Waals surface area contributed by atoms with E-state index in [2.05, 4.69) is 15.0 Å². The number of aromatic hydroxyl groups is 1. The summed E-state index contributed by atoms with van der Waals surface area (Å²) in [6.45, 7) is 4.48. The molecule has 0 radical (unpaired) electrons. The number of hydrogen-bond donors (Lipinski definition) is 1. The molecule has 0 amide bonds. The van der Waals surface area contributed by atoms with Crippen LogP contribution in [0.3, 0.4) is 0 Å². The van der Waals surface area contributed by atoms with Gasteiger partial charge >= 0.3 is 0 Å². The van der Waals surface area contributed by atoms with E-state index >= 15 is 0 Å². The van der Waals surface area contributed by atoms with Crippen LogP contribution in [0.5, 0.6) is 11.5 Å². The van der Waals surface area contributed by atoms with Crippen LogP contribution in [-0.4, -0.2) is 26.7 Å². The standard InChI is InChI=1S/C13H15N3O2/c1-3-6-18-11-5-4-10(12(17)9(11)2)13-15-7-14-8-16-13/h4-5,7-8,17H,3,6H2,1-2H3. The molecule has 0 fully saturated rings. The predicted molar refractivity (Wildman–Crippen MR) is 67.5 cm³/mol. The number of benzene rings is 1. The topological polar surface area (TPSA) is 68.1 Å². The van der Waals surface area contributed by atoms with Gasteiger partial charge in [0.05, 0.1) is 12.2 Å². The average molecular weight is 245 g/mol. The fraction of sp³-hybridized carbons (Fsp3) is 0.308. The maximum Gasteiger partial charge on any atom is 0.166 e. The number of ether oxygens (including phenoxy) is 1. The number of nitrogens with zero attached hydrogens (tertiary/aromatic N) is 3. The van der Waals surface area contributed by atoms with Crippen LogP contribution in [0.25, 0.3) is 11.4 Å². The van der Waals surface area contributed by atoms with Gasteiger partial charge in [0, 0.05) is 5.56 Å². The van der Waals surface area contributed by atoms with E-state index in [9.17, 15) is 5.11 Å². The summed E-state index contributed by atoms with van der Waals surface area (Å²) < 4.78 is 5.54. The highest BCUT2D eigenvalue weighted by atomic mass is 16.5.